The van der Waals surface area contributed by atoms with Crippen LogP contribution >= 0.6 is 11.8 Å². The highest BCUT2D eigenvalue weighted by Gasteiger charge is 2.36. The van der Waals surface area contributed by atoms with Crippen molar-refractivity contribution in [1.29, 1.82) is 0 Å². The maximum atomic E-state index is 12.2. The van der Waals surface area contributed by atoms with Gasteiger partial charge >= 0.3 is 6.09 Å². The van der Waals surface area contributed by atoms with Crippen LogP contribution < -0.4 is 0 Å². The predicted octanol–water partition coefficient (Wildman–Crippen LogP) is 3.29. The van der Waals surface area contributed by atoms with Crippen molar-refractivity contribution in [2.75, 3.05) is 18.8 Å². The van der Waals surface area contributed by atoms with Crippen LogP contribution in [0.1, 0.15) is 49.5 Å². The molecule has 1 amide bonds. The van der Waals surface area contributed by atoms with Gasteiger partial charge in [-0.1, -0.05) is 24.3 Å². The Kier molecular flexibility index (Phi) is 5.68. The second-order valence-corrected chi connectivity index (χ2v) is 9.25. The number of benzene rings is 1. The zero-order valence-electron chi connectivity index (χ0n) is 16.4. The minimum atomic E-state index is -0.941. The minimum Gasteiger partial charge on any atom is -0.444 e. The number of Topliss-reactive ketones (excluding diaryl/α,β-unsaturated/α-hetero) is 1. The van der Waals surface area contributed by atoms with E-state index in [1.807, 2.05) is 32.9 Å². The average Bonchev–Trinajstić information content (AvgIpc) is 2.63. The highest BCUT2D eigenvalue weighted by molar-refractivity contribution is 8.08. The summed E-state index contributed by atoms with van der Waals surface area (Å²) >= 11 is 1.37. The number of piperidine rings is 1. The lowest BCUT2D eigenvalue weighted by atomic mass is 9.94. The number of hydrogen-bond donors (Lipinski definition) is 1. The average molecular weight is 404 g/mol. The van der Waals surface area contributed by atoms with Gasteiger partial charge in [0.15, 0.2) is 0 Å². The van der Waals surface area contributed by atoms with Crippen LogP contribution in [0.15, 0.2) is 30.3 Å². The highest BCUT2D eigenvalue weighted by atomic mass is 32.2. The van der Waals surface area contributed by atoms with Crippen molar-refractivity contribution in [3.63, 3.8) is 0 Å². The molecule has 28 heavy (non-hydrogen) atoms. The van der Waals surface area contributed by atoms with Gasteiger partial charge in [0.1, 0.15) is 5.60 Å². The first-order valence-electron chi connectivity index (χ1n) is 9.31. The summed E-state index contributed by atoms with van der Waals surface area (Å²) in [5.74, 6) is -0.645. The third-order valence-corrected chi connectivity index (χ3v) is 6.10. The molecule has 0 unspecified atom stereocenters. The van der Waals surface area contributed by atoms with Crippen LogP contribution in [0, 0.1) is 0 Å². The molecule has 1 aromatic carbocycles. The van der Waals surface area contributed by atoms with Crippen molar-refractivity contribution in [3.8, 4) is 0 Å². The van der Waals surface area contributed by atoms with Gasteiger partial charge in [-0.25, -0.2) is 4.79 Å². The van der Waals surface area contributed by atoms with Crippen LogP contribution in [0.2, 0.25) is 0 Å². The molecule has 6 nitrogen and oxygen atoms in total. The molecule has 1 aromatic rings. The second-order valence-electron chi connectivity index (χ2n) is 8.23. The fourth-order valence-electron chi connectivity index (χ4n) is 3.20. The third kappa shape index (κ3) is 4.64. The van der Waals surface area contributed by atoms with Gasteiger partial charge in [0.25, 0.3) is 0 Å². The Balaban J connectivity index is 1.61. The first-order valence-corrected chi connectivity index (χ1v) is 10.3. The minimum absolute atomic E-state index is 0.366. The number of ketones is 2. The van der Waals surface area contributed by atoms with E-state index in [4.69, 9.17) is 4.74 Å². The standard InChI is InChI=1S/C21H25NO5S/c1-20(2,3)27-19(25)22-10-8-21(26,9-11-22)13-28-17-12-16(23)18(24)15-7-5-4-6-14(15)17/h4-7,12,26H,8-11,13H2,1-3H3. The van der Waals surface area contributed by atoms with E-state index in [1.165, 1.54) is 17.8 Å². The van der Waals surface area contributed by atoms with Crippen LogP contribution in [0.25, 0.3) is 4.91 Å². The summed E-state index contributed by atoms with van der Waals surface area (Å²) in [7, 11) is 0. The molecule has 0 bridgehead atoms. The Hall–Kier alpha value is -2.12. The molecule has 1 N–H and O–H groups in total. The molecule has 1 fully saturated rings. The molecule has 0 atom stereocenters. The lowest BCUT2D eigenvalue weighted by molar-refractivity contribution is -0.111. The zero-order valence-corrected chi connectivity index (χ0v) is 17.2. The van der Waals surface area contributed by atoms with Gasteiger partial charge in [0.05, 0.1) is 5.60 Å². The Bertz CT molecular complexity index is 831. The largest absolute Gasteiger partial charge is 0.444 e. The van der Waals surface area contributed by atoms with E-state index in [9.17, 15) is 19.5 Å². The molecule has 0 aromatic heterocycles. The fraction of sp³-hybridized carbons (Fsp3) is 0.476. The number of carbonyl (C=O) groups excluding carboxylic acids is 3. The number of hydrogen-bond acceptors (Lipinski definition) is 6. The van der Waals surface area contributed by atoms with Gasteiger partial charge in [-0.15, -0.1) is 11.8 Å². The van der Waals surface area contributed by atoms with Crippen molar-refractivity contribution < 1.29 is 24.2 Å². The number of carbonyl (C=O) groups is 3. The first kappa shape index (κ1) is 20.6. The number of allylic oxidation sites excluding steroid dienone is 1. The molecule has 7 heteroatoms. The van der Waals surface area contributed by atoms with Crippen LogP contribution in [0.5, 0.6) is 0 Å². The monoisotopic (exact) mass is 403 g/mol. The molecule has 1 saturated heterocycles. The SMILES string of the molecule is CC(C)(C)OC(=O)N1CCC(O)(CSC2=CC(=O)C(=O)c3ccccc32)CC1. The number of nitrogens with zero attached hydrogens (tertiary/aromatic N) is 1. The maximum Gasteiger partial charge on any atom is 0.410 e. The fourth-order valence-corrected chi connectivity index (χ4v) is 4.44. The molecule has 1 aliphatic carbocycles. The molecule has 2 aliphatic rings. The lowest BCUT2D eigenvalue weighted by Gasteiger charge is -2.38. The van der Waals surface area contributed by atoms with Crippen molar-refractivity contribution in [2.24, 2.45) is 0 Å². The molecule has 0 saturated carbocycles. The summed E-state index contributed by atoms with van der Waals surface area (Å²) in [4.78, 5) is 38.5. The van der Waals surface area contributed by atoms with Crippen molar-refractivity contribution in [3.05, 3.63) is 41.5 Å². The number of thioether (sulfide) groups is 1. The number of ether oxygens (including phenoxy) is 1. The number of likely N-dealkylation sites (tertiary alicyclic amines) is 1. The van der Waals surface area contributed by atoms with Gasteiger partial charge in [0, 0.05) is 35.4 Å². The van der Waals surface area contributed by atoms with E-state index in [-0.39, 0.29) is 6.09 Å². The van der Waals surface area contributed by atoms with Crippen LogP contribution in [-0.2, 0) is 9.53 Å². The smallest absolute Gasteiger partial charge is 0.410 e. The molecule has 0 spiro atoms. The summed E-state index contributed by atoms with van der Waals surface area (Å²) in [5.41, 5.74) is -0.356. The van der Waals surface area contributed by atoms with Gasteiger partial charge in [-0.05, 0) is 39.2 Å². The van der Waals surface area contributed by atoms with E-state index in [2.05, 4.69) is 0 Å². The first-order chi connectivity index (χ1) is 13.1. The normalized spacial score (nSPS) is 19.1. The summed E-state index contributed by atoms with van der Waals surface area (Å²) in [6.45, 7) is 6.30. The molecule has 1 aliphatic heterocycles. The quantitative estimate of drug-likeness (QED) is 0.780. The Morgan fingerprint density at radius 2 is 1.79 bits per heavy atom. The highest BCUT2D eigenvalue weighted by Crippen LogP contribution is 2.37. The predicted molar refractivity (Wildman–Crippen MR) is 108 cm³/mol. The van der Waals surface area contributed by atoms with Gasteiger partial charge < -0.3 is 14.7 Å². The van der Waals surface area contributed by atoms with E-state index < -0.39 is 22.8 Å². The van der Waals surface area contributed by atoms with E-state index in [0.717, 1.165) is 5.56 Å². The molecule has 3 rings (SSSR count). The topological polar surface area (TPSA) is 83.9 Å². The van der Waals surface area contributed by atoms with Crippen molar-refractivity contribution in [1.82, 2.24) is 4.90 Å². The molecule has 1 heterocycles. The van der Waals surface area contributed by atoms with Crippen LogP contribution in [0.3, 0.4) is 0 Å². The van der Waals surface area contributed by atoms with Crippen molar-refractivity contribution >= 4 is 34.3 Å². The van der Waals surface area contributed by atoms with E-state index >= 15 is 0 Å². The Morgan fingerprint density at radius 1 is 1.18 bits per heavy atom. The summed E-state index contributed by atoms with van der Waals surface area (Å²) < 4.78 is 5.38. The van der Waals surface area contributed by atoms with Crippen molar-refractivity contribution in [2.45, 2.75) is 44.8 Å². The van der Waals surface area contributed by atoms with Crippen LogP contribution in [0.4, 0.5) is 4.79 Å². The number of amides is 1. The Morgan fingerprint density at radius 3 is 2.39 bits per heavy atom. The third-order valence-electron chi connectivity index (χ3n) is 4.77. The maximum absolute atomic E-state index is 12.2. The second kappa shape index (κ2) is 7.72. The van der Waals surface area contributed by atoms with Gasteiger partial charge in [-0.3, -0.25) is 9.59 Å². The zero-order chi connectivity index (χ0) is 20.5. The molecule has 150 valence electrons. The Labute approximate surface area is 168 Å². The molecular weight excluding hydrogens is 378 g/mol. The number of rotatable bonds is 3. The summed E-state index contributed by atoms with van der Waals surface area (Å²) in [5, 5.41) is 10.9. The summed E-state index contributed by atoms with van der Waals surface area (Å²) in [6, 6.07) is 7.02. The lowest BCUT2D eigenvalue weighted by Crippen LogP contribution is -2.49. The molecular formula is C21H25NO5S. The van der Waals surface area contributed by atoms with Gasteiger partial charge in [0.2, 0.25) is 11.6 Å². The summed E-state index contributed by atoms with van der Waals surface area (Å²) in [6.07, 6.45) is 1.85. The van der Waals surface area contributed by atoms with E-state index in [1.54, 1.807) is 17.0 Å². The number of fused-ring (bicyclic) bond motifs is 1. The number of aliphatic hydroxyl groups is 1. The van der Waals surface area contributed by atoms with Crippen LogP contribution in [-0.4, -0.2) is 57.7 Å². The van der Waals surface area contributed by atoms with Gasteiger partial charge in [-0.2, -0.15) is 0 Å². The molecule has 0 radical (unpaired) electrons. The van der Waals surface area contributed by atoms with E-state index in [0.29, 0.717) is 42.2 Å².